The maximum absolute atomic E-state index is 10.6. The summed E-state index contributed by atoms with van der Waals surface area (Å²) < 4.78 is 26.9. The van der Waals surface area contributed by atoms with Gasteiger partial charge in [-0.1, -0.05) is 19.3 Å². The highest BCUT2D eigenvalue weighted by Gasteiger charge is 2.12. The molecular weight excluding hydrogens is 228 g/mol. The van der Waals surface area contributed by atoms with E-state index in [0.29, 0.717) is 25.8 Å². The van der Waals surface area contributed by atoms with Crippen molar-refractivity contribution in [2.75, 3.05) is 25.4 Å². The third-order valence-electron chi connectivity index (χ3n) is 2.75. The molecule has 0 spiro atoms. The zero-order valence-corrected chi connectivity index (χ0v) is 10.5. The Labute approximate surface area is 97.8 Å². The van der Waals surface area contributed by atoms with E-state index in [4.69, 9.17) is 9.88 Å². The summed E-state index contributed by atoms with van der Waals surface area (Å²) in [4.78, 5) is 0. The van der Waals surface area contributed by atoms with Gasteiger partial charge in [0.1, 0.15) is 0 Å². The molecule has 1 fully saturated rings. The second-order valence-electron chi connectivity index (χ2n) is 4.25. The van der Waals surface area contributed by atoms with E-state index in [1.807, 2.05) is 0 Å². The van der Waals surface area contributed by atoms with Crippen molar-refractivity contribution in [3.05, 3.63) is 0 Å². The minimum Gasteiger partial charge on any atom is -0.377 e. The van der Waals surface area contributed by atoms with Crippen LogP contribution in [0.3, 0.4) is 0 Å². The molecule has 0 saturated heterocycles. The molecule has 1 aliphatic carbocycles. The summed E-state index contributed by atoms with van der Waals surface area (Å²) in [5.41, 5.74) is 0. The molecule has 0 amide bonds. The minimum absolute atomic E-state index is 0.0174. The molecule has 6 heteroatoms. The third kappa shape index (κ3) is 7.16. The fourth-order valence-electron chi connectivity index (χ4n) is 1.87. The largest absolute Gasteiger partial charge is 0.377 e. The van der Waals surface area contributed by atoms with E-state index in [9.17, 15) is 8.42 Å². The molecule has 0 bridgehead atoms. The van der Waals surface area contributed by atoms with Crippen molar-refractivity contribution >= 4 is 10.0 Å². The number of nitrogens with one attached hydrogen (secondary N) is 1. The van der Waals surface area contributed by atoms with Crippen molar-refractivity contribution in [3.63, 3.8) is 0 Å². The van der Waals surface area contributed by atoms with Crippen LogP contribution in [-0.2, 0) is 14.8 Å². The van der Waals surface area contributed by atoms with E-state index in [2.05, 4.69) is 5.32 Å². The van der Waals surface area contributed by atoms with E-state index in [-0.39, 0.29) is 5.75 Å². The van der Waals surface area contributed by atoms with Crippen LogP contribution in [0.4, 0.5) is 0 Å². The molecule has 0 unspecified atom stereocenters. The monoisotopic (exact) mass is 250 g/mol. The fraction of sp³-hybridized carbons (Fsp3) is 1.00. The first-order valence-electron chi connectivity index (χ1n) is 5.91. The highest BCUT2D eigenvalue weighted by Crippen LogP contribution is 2.19. The Kier molecular flexibility index (Phi) is 6.26. The van der Waals surface area contributed by atoms with Gasteiger partial charge < -0.3 is 10.1 Å². The SMILES string of the molecule is NS(=O)(=O)CCNCCOC1CCCCC1. The van der Waals surface area contributed by atoms with Crippen LogP contribution < -0.4 is 10.5 Å². The quantitative estimate of drug-likeness (QED) is 0.633. The van der Waals surface area contributed by atoms with Crippen molar-refractivity contribution in [2.45, 2.75) is 38.2 Å². The molecule has 3 N–H and O–H groups in total. The Hall–Kier alpha value is -0.170. The molecule has 0 aliphatic heterocycles. The molecule has 96 valence electrons. The van der Waals surface area contributed by atoms with E-state index >= 15 is 0 Å². The summed E-state index contributed by atoms with van der Waals surface area (Å²) in [6.45, 7) is 1.73. The first-order valence-corrected chi connectivity index (χ1v) is 7.62. The average molecular weight is 250 g/mol. The molecule has 0 aromatic carbocycles. The van der Waals surface area contributed by atoms with Gasteiger partial charge in [0.25, 0.3) is 0 Å². The summed E-state index contributed by atoms with van der Waals surface area (Å²) in [6.07, 6.45) is 6.60. The molecule has 0 radical (unpaired) electrons. The van der Waals surface area contributed by atoms with Crippen LogP contribution >= 0.6 is 0 Å². The maximum Gasteiger partial charge on any atom is 0.210 e. The van der Waals surface area contributed by atoms with Crippen LogP contribution in [0.25, 0.3) is 0 Å². The topological polar surface area (TPSA) is 81.4 Å². The number of ether oxygens (including phenoxy) is 1. The van der Waals surface area contributed by atoms with Gasteiger partial charge in [0.2, 0.25) is 10.0 Å². The molecule has 0 aromatic heterocycles. The van der Waals surface area contributed by atoms with Crippen LogP contribution in [0.2, 0.25) is 0 Å². The van der Waals surface area contributed by atoms with Gasteiger partial charge in [0.05, 0.1) is 18.5 Å². The van der Waals surface area contributed by atoms with E-state index in [1.54, 1.807) is 0 Å². The Balaban J connectivity index is 1.91. The number of rotatable bonds is 7. The lowest BCUT2D eigenvalue weighted by Crippen LogP contribution is -2.30. The van der Waals surface area contributed by atoms with E-state index in [1.165, 1.54) is 19.3 Å². The Bertz CT molecular complexity index is 274. The van der Waals surface area contributed by atoms with Crippen LogP contribution in [-0.4, -0.2) is 40.0 Å². The summed E-state index contributed by atoms with van der Waals surface area (Å²) >= 11 is 0. The first-order chi connectivity index (χ1) is 7.58. The maximum atomic E-state index is 10.6. The molecule has 1 aliphatic rings. The Morgan fingerprint density at radius 2 is 1.88 bits per heavy atom. The predicted molar refractivity (Wildman–Crippen MR) is 63.7 cm³/mol. The predicted octanol–water partition coefficient (Wildman–Crippen LogP) is 0.214. The second-order valence-corrected chi connectivity index (χ2v) is 5.98. The number of primary sulfonamides is 1. The van der Waals surface area contributed by atoms with Gasteiger partial charge in [-0.25, -0.2) is 13.6 Å². The first kappa shape index (κ1) is 13.9. The van der Waals surface area contributed by atoms with E-state index < -0.39 is 10.0 Å². The van der Waals surface area contributed by atoms with Crippen LogP contribution in [0.15, 0.2) is 0 Å². The summed E-state index contributed by atoms with van der Waals surface area (Å²) in [5, 5.41) is 7.87. The fourth-order valence-corrected chi connectivity index (χ4v) is 2.30. The Morgan fingerprint density at radius 3 is 2.50 bits per heavy atom. The highest BCUT2D eigenvalue weighted by molar-refractivity contribution is 7.89. The number of nitrogens with two attached hydrogens (primary N) is 1. The van der Waals surface area contributed by atoms with Gasteiger partial charge in [-0.3, -0.25) is 0 Å². The van der Waals surface area contributed by atoms with Gasteiger partial charge in [-0.05, 0) is 12.8 Å². The minimum atomic E-state index is -3.34. The third-order valence-corrected chi connectivity index (χ3v) is 3.52. The molecule has 1 saturated carbocycles. The van der Waals surface area contributed by atoms with Crippen molar-refractivity contribution in [1.29, 1.82) is 0 Å². The molecular formula is C10H22N2O3S. The van der Waals surface area contributed by atoms with Gasteiger partial charge in [-0.2, -0.15) is 0 Å². The molecule has 0 atom stereocenters. The van der Waals surface area contributed by atoms with Crippen molar-refractivity contribution < 1.29 is 13.2 Å². The molecule has 0 aromatic rings. The van der Waals surface area contributed by atoms with Crippen LogP contribution in [0.1, 0.15) is 32.1 Å². The normalized spacial score (nSPS) is 18.8. The smallest absolute Gasteiger partial charge is 0.210 e. The zero-order valence-electron chi connectivity index (χ0n) is 9.65. The van der Waals surface area contributed by atoms with Crippen molar-refractivity contribution in [3.8, 4) is 0 Å². The highest BCUT2D eigenvalue weighted by atomic mass is 32.2. The van der Waals surface area contributed by atoms with Gasteiger partial charge in [-0.15, -0.1) is 0 Å². The van der Waals surface area contributed by atoms with Crippen molar-refractivity contribution in [2.24, 2.45) is 5.14 Å². The molecule has 1 rings (SSSR count). The van der Waals surface area contributed by atoms with Crippen LogP contribution in [0.5, 0.6) is 0 Å². The van der Waals surface area contributed by atoms with Crippen LogP contribution in [0, 0.1) is 0 Å². The lowest BCUT2D eigenvalue weighted by atomic mass is 9.98. The Morgan fingerprint density at radius 1 is 1.19 bits per heavy atom. The number of sulfonamides is 1. The van der Waals surface area contributed by atoms with Gasteiger partial charge >= 0.3 is 0 Å². The lowest BCUT2D eigenvalue weighted by molar-refractivity contribution is 0.0305. The van der Waals surface area contributed by atoms with Gasteiger partial charge in [0.15, 0.2) is 0 Å². The number of hydrogen-bond acceptors (Lipinski definition) is 4. The summed E-state index contributed by atoms with van der Waals surface area (Å²) in [5.74, 6) is -0.0174. The van der Waals surface area contributed by atoms with Gasteiger partial charge in [0, 0.05) is 13.1 Å². The second kappa shape index (κ2) is 7.21. The molecule has 16 heavy (non-hydrogen) atoms. The summed E-state index contributed by atoms with van der Waals surface area (Å²) in [7, 11) is -3.34. The summed E-state index contributed by atoms with van der Waals surface area (Å²) in [6, 6.07) is 0. The number of hydrogen-bond donors (Lipinski definition) is 2. The zero-order chi connectivity index (χ0) is 11.9. The lowest BCUT2D eigenvalue weighted by Gasteiger charge is -2.21. The molecule has 0 heterocycles. The molecule has 5 nitrogen and oxygen atoms in total. The van der Waals surface area contributed by atoms with E-state index in [0.717, 1.165) is 12.8 Å². The average Bonchev–Trinajstić information content (AvgIpc) is 2.23. The standard InChI is InChI=1S/C10H22N2O3S/c11-16(13,14)9-7-12-6-8-15-10-4-2-1-3-5-10/h10,12H,1-9H2,(H2,11,13,14). The van der Waals surface area contributed by atoms with Crippen molar-refractivity contribution in [1.82, 2.24) is 5.32 Å².